The number of nitrogens with one attached hydrogen (secondary N) is 9. The van der Waals surface area contributed by atoms with Crippen molar-refractivity contribution in [3.05, 3.63) is 210 Å². The summed E-state index contributed by atoms with van der Waals surface area (Å²) in [6, 6.07) is 30.9. The summed E-state index contributed by atoms with van der Waals surface area (Å²) in [5.74, 6) is -8.90. The van der Waals surface area contributed by atoms with Crippen molar-refractivity contribution in [3.63, 3.8) is 0 Å². The fourth-order valence-electron chi connectivity index (χ4n) is 11.6. The third kappa shape index (κ3) is 20.5. The lowest BCUT2D eigenvalue weighted by atomic mass is 9.91. The maximum atomic E-state index is 16.1. The molecule has 8 aromatic rings. The van der Waals surface area contributed by atoms with Crippen LogP contribution in [-0.4, -0.2) is 169 Å². The molecule has 2 aromatic heterocycles. The van der Waals surface area contributed by atoms with Gasteiger partial charge in [0.2, 0.25) is 47.3 Å². The zero-order valence-corrected chi connectivity index (χ0v) is 55.7. The molecule has 0 spiro atoms. The summed E-state index contributed by atoms with van der Waals surface area (Å²) in [6.07, 6.45) is 5.11. The van der Waals surface area contributed by atoms with Gasteiger partial charge in [-0.2, -0.15) is 11.8 Å². The molecule has 9 atom stereocenters. The van der Waals surface area contributed by atoms with Crippen LogP contribution < -0.4 is 48.7 Å². The average molecular weight is 1370 g/mol. The van der Waals surface area contributed by atoms with Crippen LogP contribution in [0.5, 0.6) is 5.75 Å². The van der Waals surface area contributed by atoms with E-state index in [0.717, 1.165) is 4.90 Å². The van der Waals surface area contributed by atoms with Crippen LogP contribution in [0.15, 0.2) is 176 Å². The van der Waals surface area contributed by atoms with Crippen molar-refractivity contribution in [2.75, 3.05) is 31.7 Å². The maximum absolute atomic E-state index is 16.1. The van der Waals surface area contributed by atoms with Crippen molar-refractivity contribution in [2.45, 2.75) is 113 Å². The highest BCUT2D eigenvalue weighted by molar-refractivity contribution is 7.98. The van der Waals surface area contributed by atoms with Gasteiger partial charge in [0, 0.05) is 65.4 Å². The van der Waals surface area contributed by atoms with E-state index in [9.17, 15) is 44.1 Å². The number of rotatable bonds is 37. The lowest BCUT2D eigenvalue weighted by molar-refractivity contribution is -0.146. The number of aromatic nitrogens is 2. The van der Waals surface area contributed by atoms with E-state index in [4.69, 9.17) is 11.5 Å². The second-order valence-electron chi connectivity index (χ2n) is 23.9. The summed E-state index contributed by atoms with van der Waals surface area (Å²) in [7, 11) is 0. The van der Waals surface area contributed by atoms with E-state index >= 15 is 19.2 Å². The number of para-hydroxylation sites is 2. The molecular formula is C73H84N12O13S. The number of benzene rings is 6. The number of H-pyrrole nitrogens is 2. The number of ketones is 1. The quantitative estimate of drug-likeness (QED) is 0.0195. The third-order valence-electron chi connectivity index (χ3n) is 16.9. The molecule has 0 aliphatic heterocycles. The molecule has 0 aliphatic carbocycles. The molecule has 0 saturated heterocycles. The minimum absolute atomic E-state index is 0.0483. The Kier molecular flexibility index (Phi) is 27.4. The number of amides is 8. The number of hydrogen-bond donors (Lipinski definition) is 14. The Hall–Kier alpha value is -10.7. The van der Waals surface area contributed by atoms with Crippen molar-refractivity contribution in [3.8, 4) is 5.75 Å². The highest BCUT2D eigenvalue weighted by Gasteiger charge is 2.44. The number of aliphatic hydroxyl groups excluding tert-OH is 1. The van der Waals surface area contributed by atoms with Crippen LogP contribution >= 0.6 is 11.8 Å². The summed E-state index contributed by atoms with van der Waals surface area (Å²) < 4.78 is 0. The number of aliphatic hydroxyl groups is 1. The normalized spacial score (nSPS) is 13.9. The summed E-state index contributed by atoms with van der Waals surface area (Å²) >= 11 is 1.41. The number of carbonyl (C=O) groups is 10. The zero-order valence-electron chi connectivity index (χ0n) is 54.9. The lowest BCUT2D eigenvalue weighted by Crippen LogP contribution is -2.62. The number of carbonyl (C=O) groups excluding carboxylic acids is 9. The van der Waals surface area contributed by atoms with E-state index in [1.165, 1.54) is 55.1 Å². The van der Waals surface area contributed by atoms with Gasteiger partial charge in [-0.1, -0.05) is 140 Å². The largest absolute Gasteiger partial charge is 0.508 e. The molecule has 8 rings (SSSR count). The number of phenols is 1. The summed E-state index contributed by atoms with van der Waals surface area (Å²) in [5.41, 5.74) is 15.0. The predicted molar refractivity (Wildman–Crippen MR) is 375 cm³/mol. The molecule has 26 heteroatoms. The Morgan fingerprint density at radius 2 is 0.980 bits per heavy atom. The number of thioether (sulfide) groups is 1. The minimum atomic E-state index is -1.86. The molecule has 0 radical (unpaired) electrons. The number of aromatic amines is 2. The van der Waals surface area contributed by atoms with Crippen molar-refractivity contribution < 1.29 is 63.3 Å². The number of nitrogens with zero attached hydrogens (tertiary/aromatic N) is 1. The van der Waals surface area contributed by atoms with Crippen LogP contribution in [0, 0.1) is 0 Å². The zero-order chi connectivity index (χ0) is 71.0. The smallest absolute Gasteiger partial charge is 0.326 e. The molecule has 25 nitrogen and oxygen atoms in total. The van der Waals surface area contributed by atoms with Gasteiger partial charge in [0.1, 0.15) is 60.1 Å². The van der Waals surface area contributed by atoms with Crippen molar-refractivity contribution in [2.24, 2.45) is 11.5 Å². The number of phenolic OH excluding ortho intramolecular Hbond substituents is 1. The maximum Gasteiger partial charge on any atom is 0.326 e. The fraction of sp³-hybridized carbons (Fsp3) is 0.315. The molecule has 520 valence electrons. The molecule has 16 N–H and O–H groups in total. The Morgan fingerprint density at radius 1 is 0.505 bits per heavy atom. The molecule has 0 fully saturated rings. The number of aromatic hydroxyl groups is 1. The average Bonchev–Trinajstić information content (AvgIpc) is 1.37. The number of hydrogen-bond acceptors (Lipinski definition) is 15. The van der Waals surface area contributed by atoms with Crippen LogP contribution in [0.25, 0.3) is 21.8 Å². The number of unbranched alkanes of at least 4 members (excludes halogenated alkanes) is 1. The van der Waals surface area contributed by atoms with Gasteiger partial charge in [0.05, 0.1) is 13.2 Å². The Bertz CT molecular complexity index is 4060. The van der Waals surface area contributed by atoms with Crippen LogP contribution in [0.4, 0.5) is 0 Å². The van der Waals surface area contributed by atoms with Gasteiger partial charge in [0.15, 0.2) is 5.78 Å². The van der Waals surface area contributed by atoms with Crippen LogP contribution in [0.3, 0.4) is 0 Å². The van der Waals surface area contributed by atoms with Gasteiger partial charge >= 0.3 is 5.97 Å². The number of aliphatic carboxylic acids is 1. The number of carboxylic acids is 1. The summed E-state index contributed by atoms with van der Waals surface area (Å²) in [6.45, 7) is 0.150. The second-order valence-corrected chi connectivity index (χ2v) is 24.9. The fourth-order valence-corrected chi connectivity index (χ4v) is 12.1. The Labute approximate surface area is 576 Å². The van der Waals surface area contributed by atoms with Crippen LogP contribution in [0.1, 0.15) is 76.8 Å². The first-order valence-corrected chi connectivity index (χ1v) is 33.9. The van der Waals surface area contributed by atoms with Crippen LogP contribution in [-0.2, 0) is 68.8 Å². The first-order valence-electron chi connectivity index (χ1n) is 32.5. The van der Waals surface area contributed by atoms with Gasteiger partial charge in [-0.05, 0) is 103 Å². The predicted octanol–water partition coefficient (Wildman–Crippen LogP) is 3.78. The van der Waals surface area contributed by atoms with Crippen molar-refractivity contribution >= 4 is 92.6 Å². The molecule has 1 unspecified atom stereocenters. The molecule has 0 bridgehead atoms. The van der Waals surface area contributed by atoms with E-state index in [-0.39, 0.29) is 49.0 Å². The van der Waals surface area contributed by atoms with Gasteiger partial charge in [-0.15, -0.1) is 0 Å². The molecule has 99 heavy (non-hydrogen) atoms. The van der Waals surface area contributed by atoms with E-state index in [1.807, 2.05) is 6.26 Å². The first kappa shape index (κ1) is 74.1. The van der Waals surface area contributed by atoms with Gasteiger partial charge in [-0.25, -0.2) is 4.79 Å². The van der Waals surface area contributed by atoms with E-state index in [2.05, 4.69) is 47.2 Å². The lowest BCUT2D eigenvalue weighted by Gasteiger charge is -2.39. The number of fused-ring (bicyclic) bond motifs is 2. The van der Waals surface area contributed by atoms with Gasteiger partial charge in [-0.3, -0.25) is 43.2 Å². The van der Waals surface area contributed by atoms with Crippen LogP contribution in [0.2, 0.25) is 0 Å². The standard InChI is InChI=1S/C73H84N12O13S/c1-44(78-66(90)56(33-35-99-2)79-63(88)40-75)72(96)85(64(47-20-8-4-9-21-47)65(89)48-22-10-5-11-23-48)62(37-46-29-31-51(87)32-30-46)71(95)83-60(39-50-42-77-55-27-15-13-25-53(50)55)69(93)84-61(43-86)70(94)82-59(38-49-41-76-54-26-14-12-24-52(49)54)68(92)81-58(36-45-18-6-3-7-19-45)67(91)80-57(73(97)98)28-16-17-34-74/h3-15,18-27,29-32,41-42,44,56-62,64,76-77,86-87H,16-17,28,33-40,43,74-75H2,1-2H3,(H,78,90)(H,79,88)(H,80,91)(H,81,92)(H,82,94)(H,83,95)(H,84,93)(H,97,98)/t44-,56-,57-,58+,59-,60+,61-,62-,64?/m0/s1. The summed E-state index contributed by atoms with van der Waals surface area (Å²) in [5, 5.41) is 51.9. The SMILES string of the molecule is CSCC[C@H](NC(=O)CN)C(=O)N[C@@H](C)C(=O)N(C(C(=O)c1ccccc1)c1ccccc1)[C@@H](Cc1ccc(O)cc1)C(=O)N[C@H](Cc1c[nH]c2ccccc12)C(=O)N[C@@H](CO)C(=O)N[C@@H](Cc1c[nH]c2ccccc12)C(=O)N[C@H](Cc1ccccc1)C(=O)N[C@@H](CCCCN)C(=O)O. The molecule has 2 heterocycles. The Morgan fingerprint density at radius 3 is 1.52 bits per heavy atom. The molecule has 8 amide bonds. The monoisotopic (exact) mass is 1370 g/mol. The highest BCUT2D eigenvalue weighted by atomic mass is 32.2. The van der Waals surface area contributed by atoms with E-state index in [0.29, 0.717) is 69.2 Å². The molecule has 0 aliphatic rings. The molecule has 6 aromatic carbocycles. The molecular weight excluding hydrogens is 1280 g/mol. The second kappa shape index (κ2) is 36.6. The van der Waals surface area contributed by atoms with E-state index in [1.54, 1.807) is 140 Å². The molecule has 0 saturated carbocycles. The first-order chi connectivity index (χ1) is 47.8. The highest BCUT2D eigenvalue weighted by Crippen LogP contribution is 2.31. The van der Waals surface area contributed by atoms with Crippen molar-refractivity contribution in [1.82, 2.24) is 52.1 Å². The number of carboxylic acid groups (broad SMARTS) is 1. The number of Topliss-reactive ketones (excluding diaryl/α,β-unsaturated/α-hetero) is 1. The Balaban J connectivity index is 1.18. The number of nitrogens with two attached hydrogens (primary N) is 2. The topological polar surface area (TPSA) is 402 Å². The van der Waals surface area contributed by atoms with Gasteiger partial charge < -0.3 is 78.9 Å². The minimum Gasteiger partial charge on any atom is -0.508 e. The summed E-state index contributed by atoms with van der Waals surface area (Å²) in [4.78, 5) is 154. The van der Waals surface area contributed by atoms with Crippen molar-refractivity contribution in [1.29, 1.82) is 0 Å². The van der Waals surface area contributed by atoms with E-state index < -0.39 is 133 Å². The third-order valence-corrected chi connectivity index (χ3v) is 17.5. The van der Waals surface area contributed by atoms with Gasteiger partial charge in [0.25, 0.3) is 0 Å².